The highest BCUT2D eigenvalue weighted by Crippen LogP contribution is 2.38. The Morgan fingerprint density at radius 1 is 0.440 bits per heavy atom. The molecule has 0 aliphatic carbocycles. The van der Waals surface area contributed by atoms with Crippen LogP contribution in [0.25, 0.3) is 101 Å². The molecular formula is C60H45BF3N5O5S. The predicted molar refractivity (Wildman–Crippen MR) is 288 cm³/mol. The van der Waals surface area contributed by atoms with E-state index >= 15 is 0 Å². The molecule has 15 heteroatoms. The molecule has 1 aliphatic heterocycles. The molecule has 370 valence electrons. The molecule has 1 fully saturated rings. The van der Waals surface area contributed by atoms with Gasteiger partial charge in [0.05, 0.1) is 22.6 Å². The molecule has 0 saturated carbocycles. The van der Waals surface area contributed by atoms with E-state index in [1.165, 1.54) is 18.2 Å². The van der Waals surface area contributed by atoms with E-state index in [1.54, 1.807) is 12.1 Å². The predicted octanol–water partition coefficient (Wildman–Crippen LogP) is 13.7. The van der Waals surface area contributed by atoms with Crippen LogP contribution in [0.2, 0.25) is 0 Å². The van der Waals surface area contributed by atoms with Crippen LogP contribution in [-0.2, 0) is 19.4 Å². The summed E-state index contributed by atoms with van der Waals surface area (Å²) in [7, 11) is -6.30. The van der Waals surface area contributed by atoms with Gasteiger partial charge in [0, 0.05) is 33.4 Å². The molecule has 75 heavy (non-hydrogen) atoms. The number of alkyl halides is 3. The minimum Gasteiger partial charge on any atom is -0.399 e. The quantitative estimate of drug-likeness (QED) is 0.0702. The molecule has 11 rings (SSSR count). The smallest absolute Gasteiger partial charge is 0.399 e. The zero-order valence-electron chi connectivity index (χ0n) is 40.9. The third-order valence-electron chi connectivity index (χ3n) is 13.6. The first-order valence-corrected chi connectivity index (χ1v) is 25.5. The van der Waals surface area contributed by atoms with Crippen LogP contribution in [0.5, 0.6) is 5.75 Å². The van der Waals surface area contributed by atoms with E-state index in [0.717, 1.165) is 72.5 Å². The standard InChI is InChI=1S/C60H45BF3N5O5S/c1-58(2)59(3,4)74-61(73-58)48-31-29-41(30-32-48)53-37-52(65-54(66-53)42-13-7-5-8-14-42)40-25-21-38(22-26-40)45-17-11-19-47(35-45)57-68-55(43-15-9-6-10-16-43)67-56(69-57)44-27-23-39(24-28-44)50-20-12-18-46-36-49(33-34-51(46)50)72-75(70,71)60(62,63)64/h5-37H,1-4H3. The van der Waals surface area contributed by atoms with Gasteiger partial charge in [0.1, 0.15) is 5.75 Å². The van der Waals surface area contributed by atoms with Gasteiger partial charge in [-0.2, -0.15) is 21.6 Å². The summed E-state index contributed by atoms with van der Waals surface area (Å²) in [6.45, 7) is 8.18. The average Bonchev–Trinajstić information content (AvgIpc) is 3.65. The molecular weight excluding hydrogens is 971 g/mol. The zero-order valence-corrected chi connectivity index (χ0v) is 41.8. The summed E-state index contributed by atoms with van der Waals surface area (Å²) in [5.41, 5.74) is 4.64. The molecule has 10 aromatic rings. The van der Waals surface area contributed by atoms with Crippen molar-refractivity contribution >= 4 is 33.5 Å². The summed E-state index contributed by atoms with van der Waals surface area (Å²) in [5.74, 6) is 1.59. The lowest BCUT2D eigenvalue weighted by atomic mass is 9.79. The van der Waals surface area contributed by atoms with E-state index in [-0.39, 0.29) is 0 Å². The summed E-state index contributed by atoms with van der Waals surface area (Å²) in [6.07, 6.45) is 0. The molecule has 1 saturated heterocycles. The van der Waals surface area contributed by atoms with E-state index in [0.29, 0.717) is 34.1 Å². The van der Waals surface area contributed by atoms with Crippen molar-refractivity contribution in [2.75, 3.05) is 0 Å². The Labute approximate surface area is 432 Å². The second-order valence-corrected chi connectivity index (χ2v) is 20.7. The summed E-state index contributed by atoms with van der Waals surface area (Å²) in [6, 6.07) is 63.0. The second-order valence-electron chi connectivity index (χ2n) is 19.1. The van der Waals surface area contributed by atoms with Crippen LogP contribution in [0.1, 0.15) is 27.7 Å². The fourth-order valence-corrected chi connectivity index (χ4v) is 9.26. The van der Waals surface area contributed by atoms with Crippen molar-refractivity contribution in [2.24, 2.45) is 0 Å². The van der Waals surface area contributed by atoms with Gasteiger partial charge in [0.25, 0.3) is 0 Å². The topological polar surface area (TPSA) is 126 Å². The van der Waals surface area contributed by atoms with E-state index < -0.39 is 39.7 Å². The Bertz CT molecular complexity index is 3850. The highest BCUT2D eigenvalue weighted by Gasteiger charge is 2.52. The Morgan fingerprint density at radius 2 is 0.893 bits per heavy atom. The van der Waals surface area contributed by atoms with E-state index in [9.17, 15) is 21.6 Å². The second kappa shape index (κ2) is 19.2. The summed E-state index contributed by atoms with van der Waals surface area (Å²) in [5, 5.41) is 1.18. The fourth-order valence-electron chi connectivity index (χ4n) is 8.81. The molecule has 0 N–H and O–H groups in total. The maximum Gasteiger partial charge on any atom is 0.534 e. The maximum absolute atomic E-state index is 13.0. The molecule has 0 amide bonds. The molecule has 0 radical (unpaired) electrons. The van der Waals surface area contributed by atoms with Gasteiger partial charge in [-0.05, 0) is 90.4 Å². The lowest BCUT2D eigenvalue weighted by molar-refractivity contribution is -0.0500. The molecule has 2 aromatic heterocycles. The third kappa shape index (κ3) is 9.93. The van der Waals surface area contributed by atoms with E-state index in [4.69, 9.17) is 34.2 Å². The first-order valence-electron chi connectivity index (χ1n) is 24.0. The summed E-state index contributed by atoms with van der Waals surface area (Å²) in [4.78, 5) is 25.0. The average molecular weight is 1020 g/mol. The molecule has 0 unspecified atom stereocenters. The SMILES string of the molecule is CC1(C)OB(c2ccc(-c3cc(-c4ccc(-c5cccc(-c6nc(-c7ccccc7)nc(-c7ccc(-c8cccc9cc(OS(=O)(=O)C(F)(F)F)ccc89)cc7)n6)c5)cc4)nc(-c4ccccc4)n3)cc2)OC1(C)C. The Balaban J connectivity index is 0.885. The first-order chi connectivity index (χ1) is 36.0. The normalized spacial score (nSPS) is 14.3. The van der Waals surface area contributed by atoms with Crippen LogP contribution in [-0.4, -0.2) is 57.2 Å². The van der Waals surface area contributed by atoms with Gasteiger partial charge < -0.3 is 13.5 Å². The van der Waals surface area contributed by atoms with Gasteiger partial charge in [0.15, 0.2) is 23.3 Å². The minimum atomic E-state index is -5.83. The summed E-state index contributed by atoms with van der Waals surface area (Å²) >= 11 is 0. The molecule has 0 atom stereocenters. The molecule has 0 spiro atoms. The number of rotatable bonds is 11. The Morgan fingerprint density at radius 3 is 1.47 bits per heavy atom. The highest BCUT2D eigenvalue weighted by atomic mass is 32.2. The van der Waals surface area contributed by atoms with Crippen LogP contribution in [0.15, 0.2) is 200 Å². The Kier molecular flexibility index (Phi) is 12.5. The van der Waals surface area contributed by atoms with E-state index in [2.05, 4.69) is 34.5 Å². The number of hydrogen-bond donors (Lipinski definition) is 0. The van der Waals surface area contributed by atoms with Crippen molar-refractivity contribution in [3.8, 4) is 96.1 Å². The van der Waals surface area contributed by atoms with Crippen molar-refractivity contribution in [3.63, 3.8) is 0 Å². The first kappa shape index (κ1) is 48.9. The van der Waals surface area contributed by atoms with Gasteiger partial charge in [-0.1, -0.05) is 176 Å². The third-order valence-corrected chi connectivity index (χ3v) is 14.6. The highest BCUT2D eigenvalue weighted by molar-refractivity contribution is 7.88. The van der Waals surface area contributed by atoms with Gasteiger partial charge in [-0.15, -0.1) is 0 Å². The van der Waals surface area contributed by atoms with Crippen LogP contribution in [0.4, 0.5) is 13.2 Å². The molecule has 0 bridgehead atoms. The number of halogens is 3. The lowest BCUT2D eigenvalue weighted by Crippen LogP contribution is -2.41. The number of nitrogens with zero attached hydrogens (tertiary/aromatic N) is 5. The van der Waals surface area contributed by atoms with Crippen molar-refractivity contribution in [1.82, 2.24) is 24.9 Å². The zero-order chi connectivity index (χ0) is 52.1. The van der Waals surface area contributed by atoms with E-state index in [1.807, 2.05) is 167 Å². The number of fused-ring (bicyclic) bond motifs is 1. The summed E-state index contributed by atoms with van der Waals surface area (Å²) < 4.78 is 79.5. The van der Waals surface area contributed by atoms with Gasteiger partial charge in [-0.3, -0.25) is 0 Å². The van der Waals surface area contributed by atoms with Crippen LogP contribution >= 0.6 is 0 Å². The number of hydrogen-bond acceptors (Lipinski definition) is 10. The molecule has 1 aliphatic rings. The van der Waals surface area contributed by atoms with Crippen molar-refractivity contribution in [3.05, 3.63) is 200 Å². The maximum atomic E-state index is 13.0. The van der Waals surface area contributed by atoms with Gasteiger partial charge in [-0.25, -0.2) is 24.9 Å². The fraction of sp³-hybridized carbons (Fsp3) is 0.117. The van der Waals surface area contributed by atoms with Crippen LogP contribution in [0.3, 0.4) is 0 Å². The van der Waals surface area contributed by atoms with Crippen molar-refractivity contribution in [1.29, 1.82) is 0 Å². The van der Waals surface area contributed by atoms with Crippen LogP contribution in [0, 0.1) is 0 Å². The number of benzene rings is 8. The van der Waals surface area contributed by atoms with Crippen molar-refractivity contribution < 1.29 is 35.1 Å². The Hall–Kier alpha value is -8.37. The van der Waals surface area contributed by atoms with Crippen LogP contribution < -0.4 is 9.65 Å². The minimum absolute atomic E-state index is 0.444. The largest absolute Gasteiger partial charge is 0.534 e. The monoisotopic (exact) mass is 1020 g/mol. The van der Waals surface area contributed by atoms with Gasteiger partial charge in [0.2, 0.25) is 0 Å². The lowest BCUT2D eigenvalue weighted by Gasteiger charge is -2.32. The molecule has 10 nitrogen and oxygen atoms in total. The number of aromatic nitrogens is 5. The van der Waals surface area contributed by atoms with Crippen molar-refractivity contribution in [2.45, 2.75) is 44.4 Å². The molecule has 3 heterocycles. The van der Waals surface area contributed by atoms with Gasteiger partial charge >= 0.3 is 22.7 Å². The molecule has 8 aromatic carbocycles.